The van der Waals surface area contributed by atoms with Crippen LogP contribution >= 0.6 is 11.6 Å². The highest BCUT2D eigenvalue weighted by Gasteiger charge is 2.29. The minimum Gasteiger partial charge on any atom is -0.495 e. The van der Waals surface area contributed by atoms with Crippen molar-refractivity contribution in [1.82, 2.24) is 15.2 Å². The zero-order valence-corrected chi connectivity index (χ0v) is 18.6. The summed E-state index contributed by atoms with van der Waals surface area (Å²) in [6, 6.07) is 10.5. The monoisotopic (exact) mass is 465 g/mol. The Morgan fingerprint density at radius 2 is 1.61 bits per heavy atom. The lowest BCUT2D eigenvalue weighted by atomic mass is 10.2. The van der Waals surface area contributed by atoms with Crippen LogP contribution in [0.2, 0.25) is 5.02 Å². The molecule has 0 unspecified atom stereocenters. The van der Waals surface area contributed by atoms with Gasteiger partial charge < -0.3 is 4.74 Å². The largest absolute Gasteiger partial charge is 0.495 e. The van der Waals surface area contributed by atoms with Crippen LogP contribution in [0.3, 0.4) is 0 Å². The molecule has 1 aliphatic rings. The average Bonchev–Trinajstić information content (AvgIpc) is 3.07. The van der Waals surface area contributed by atoms with Crippen LogP contribution in [0.5, 0.6) is 5.75 Å². The standard InChI is InChI=1S/C21H24ClN3O5S/c1-30-18-11-10-15(14-19(18)31(28,29)25-12-6-2-3-7-13-25)20(26)23-24-21(27)16-8-4-5-9-17(16)22/h4-5,8-11,14H,2-3,6-7,12-13H2,1H3,(H,23,26)(H,24,27). The van der Waals surface area contributed by atoms with Crippen molar-refractivity contribution in [3.05, 3.63) is 58.6 Å². The second-order valence-corrected chi connectivity index (χ2v) is 9.39. The molecule has 0 radical (unpaired) electrons. The molecule has 0 saturated carbocycles. The van der Waals surface area contributed by atoms with Crippen molar-refractivity contribution >= 4 is 33.4 Å². The predicted molar refractivity (Wildman–Crippen MR) is 117 cm³/mol. The number of hydrogen-bond acceptors (Lipinski definition) is 5. The molecule has 2 aromatic carbocycles. The van der Waals surface area contributed by atoms with E-state index in [1.807, 2.05) is 0 Å². The SMILES string of the molecule is COc1ccc(C(=O)NNC(=O)c2ccccc2Cl)cc1S(=O)(=O)N1CCCCCC1. The molecular weight excluding hydrogens is 442 g/mol. The molecule has 1 saturated heterocycles. The number of ether oxygens (including phenoxy) is 1. The van der Waals surface area contributed by atoms with Gasteiger partial charge >= 0.3 is 0 Å². The van der Waals surface area contributed by atoms with Crippen LogP contribution in [0.15, 0.2) is 47.4 Å². The van der Waals surface area contributed by atoms with Crippen LogP contribution in [-0.2, 0) is 10.0 Å². The first-order valence-electron chi connectivity index (χ1n) is 9.88. The second-order valence-electron chi connectivity index (χ2n) is 7.07. The van der Waals surface area contributed by atoms with Gasteiger partial charge in [-0.25, -0.2) is 8.42 Å². The van der Waals surface area contributed by atoms with Crippen molar-refractivity contribution in [2.45, 2.75) is 30.6 Å². The lowest BCUT2D eigenvalue weighted by Crippen LogP contribution is -2.41. The fraction of sp³-hybridized carbons (Fsp3) is 0.333. The molecule has 0 aromatic heterocycles. The Morgan fingerprint density at radius 3 is 2.26 bits per heavy atom. The van der Waals surface area contributed by atoms with Crippen molar-refractivity contribution in [2.24, 2.45) is 0 Å². The first-order chi connectivity index (χ1) is 14.8. The lowest BCUT2D eigenvalue weighted by Gasteiger charge is -2.21. The Bertz CT molecular complexity index is 1070. The third kappa shape index (κ3) is 5.36. The van der Waals surface area contributed by atoms with Crippen molar-refractivity contribution in [1.29, 1.82) is 0 Å². The maximum absolute atomic E-state index is 13.2. The normalized spacial score (nSPS) is 15.0. The number of halogens is 1. The van der Waals surface area contributed by atoms with Gasteiger partial charge in [-0.05, 0) is 43.2 Å². The maximum atomic E-state index is 13.2. The summed E-state index contributed by atoms with van der Waals surface area (Å²) in [5.74, 6) is -1.11. The van der Waals surface area contributed by atoms with E-state index >= 15 is 0 Å². The highest BCUT2D eigenvalue weighted by atomic mass is 35.5. The summed E-state index contributed by atoms with van der Waals surface area (Å²) in [7, 11) is -2.47. The van der Waals surface area contributed by atoms with Gasteiger partial charge in [-0.15, -0.1) is 0 Å². The van der Waals surface area contributed by atoms with E-state index in [1.165, 1.54) is 35.7 Å². The Morgan fingerprint density at radius 1 is 0.968 bits per heavy atom. The minimum absolute atomic E-state index is 0.0636. The third-order valence-corrected chi connectivity index (χ3v) is 7.27. The second kappa shape index (κ2) is 10.1. The van der Waals surface area contributed by atoms with Gasteiger partial charge in [-0.1, -0.05) is 36.6 Å². The summed E-state index contributed by atoms with van der Waals surface area (Å²) in [4.78, 5) is 24.7. The molecule has 2 N–H and O–H groups in total. The molecule has 0 spiro atoms. The fourth-order valence-electron chi connectivity index (χ4n) is 3.34. The Balaban J connectivity index is 1.80. The average molecular weight is 466 g/mol. The first-order valence-corrected chi connectivity index (χ1v) is 11.7. The maximum Gasteiger partial charge on any atom is 0.271 e. The van der Waals surface area contributed by atoms with Gasteiger partial charge in [0.25, 0.3) is 11.8 Å². The lowest BCUT2D eigenvalue weighted by molar-refractivity contribution is 0.0846. The Labute approximate surface area is 186 Å². The van der Waals surface area contributed by atoms with Crippen molar-refractivity contribution in [2.75, 3.05) is 20.2 Å². The number of hydrogen-bond donors (Lipinski definition) is 2. The van der Waals surface area contributed by atoms with Gasteiger partial charge in [-0.2, -0.15) is 4.31 Å². The number of nitrogens with one attached hydrogen (secondary N) is 2. The predicted octanol–water partition coefficient (Wildman–Crippen LogP) is 2.99. The molecule has 0 aliphatic carbocycles. The zero-order valence-electron chi connectivity index (χ0n) is 17.1. The zero-order chi connectivity index (χ0) is 22.4. The van der Waals surface area contributed by atoms with Crippen molar-refractivity contribution in [3.8, 4) is 5.75 Å². The molecule has 1 fully saturated rings. The molecule has 8 nitrogen and oxygen atoms in total. The molecule has 0 atom stereocenters. The smallest absolute Gasteiger partial charge is 0.271 e. The number of sulfonamides is 1. The highest BCUT2D eigenvalue weighted by Crippen LogP contribution is 2.29. The van der Waals surface area contributed by atoms with Crippen LogP contribution < -0.4 is 15.6 Å². The van der Waals surface area contributed by atoms with E-state index in [-0.39, 0.29) is 26.8 Å². The quantitative estimate of drug-likeness (QED) is 0.660. The summed E-state index contributed by atoms with van der Waals surface area (Å²) >= 11 is 5.98. The van der Waals surface area contributed by atoms with Gasteiger partial charge in [0.2, 0.25) is 10.0 Å². The first kappa shape index (κ1) is 23.1. The number of hydrazine groups is 1. The molecule has 166 valence electrons. The summed E-state index contributed by atoms with van der Waals surface area (Å²) in [5, 5.41) is 0.240. The van der Waals surface area contributed by atoms with Gasteiger partial charge in [0, 0.05) is 18.7 Å². The summed E-state index contributed by atoms with van der Waals surface area (Å²) in [5.41, 5.74) is 4.83. The molecule has 2 aromatic rings. The number of carbonyl (C=O) groups is 2. The molecule has 1 heterocycles. The van der Waals surface area contributed by atoms with Gasteiger partial charge in [0.05, 0.1) is 17.7 Å². The summed E-state index contributed by atoms with van der Waals surface area (Å²) in [6.45, 7) is 0.853. The van der Waals surface area contributed by atoms with Crippen LogP contribution in [0, 0.1) is 0 Å². The number of nitrogens with zero attached hydrogens (tertiary/aromatic N) is 1. The highest BCUT2D eigenvalue weighted by molar-refractivity contribution is 7.89. The minimum atomic E-state index is -3.84. The van der Waals surface area contributed by atoms with Crippen molar-refractivity contribution < 1.29 is 22.7 Å². The topological polar surface area (TPSA) is 105 Å². The summed E-state index contributed by atoms with van der Waals surface area (Å²) in [6.07, 6.45) is 3.54. The van der Waals surface area contributed by atoms with E-state index in [4.69, 9.17) is 16.3 Å². The van der Waals surface area contributed by atoms with E-state index in [2.05, 4.69) is 10.9 Å². The van der Waals surface area contributed by atoms with E-state index in [1.54, 1.807) is 18.2 Å². The van der Waals surface area contributed by atoms with Crippen LogP contribution in [0.1, 0.15) is 46.4 Å². The van der Waals surface area contributed by atoms with Crippen LogP contribution in [-0.4, -0.2) is 44.7 Å². The Hall–Kier alpha value is -2.62. The summed E-state index contributed by atoms with van der Waals surface area (Å²) < 4.78 is 33.1. The number of rotatable bonds is 5. The number of benzene rings is 2. The van der Waals surface area contributed by atoms with E-state index in [9.17, 15) is 18.0 Å². The van der Waals surface area contributed by atoms with E-state index < -0.39 is 21.8 Å². The number of amides is 2. The number of methoxy groups -OCH3 is 1. The molecule has 3 rings (SSSR count). The van der Waals surface area contributed by atoms with Gasteiger partial charge in [0.15, 0.2) is 0 Å². The van der Waals surface area contributed by atoms with Crippen molar-refractivity contribution in [3.63, 3.8) is 0 Å². The molecule has 10 heteroatoms. The van der Waals surface area contributed by atoms with E-state index in [0.717, 1.165) is 25.7 Å². The fourth-order valence-corrected chi connectivity index (χ4v) is 5.26. The Kier molecular flexibility index (Phi) is 7.53. The molecule has 31 heavy (non-hydrogen) atoms. The van der Waals surface area contributed by atoms with Crippen LogP contribution in [0.4, 0.5) is 0 Å². The van der Waals surface area contributed by atoms with Crippen LogP contribution in [0.25, 0.3) is 0 Å². The molecular formula is C21H24ClN3O5S. The molecule has 1 aliphatic heterocycles. The van der Waals surface area contributed by atoms with E-state index in [0.29, 0.717) is 13.1 Å². The van der Waals surface area contributed by atoms with Gasteiger partial charge in [0.1, 0.15) is 10.6 Å². The van der Waals surface area contributed by atoms with Gasteiger partial charge in [-0.3, -0.25) is 20.4 Å². The molecule has 2 amide bonds. The molecule has 0 bridgehead atoms. The third-order valence-electron chi connectivity index (χ3n) is 5.02. The number of carbonyl (C=O) groups excluding carboxylic acids is 2.